The van der Waals surface area contributed by atoms with Crippen LogP contribution in [0.4, 0.5) is 19.0 Å². The highest BCUT2D eigenvalue weighted by atomic mass is 35.5. The van der Waals surface area contributed by atoms with Gasteiger partial charge in [0.1, 0.15) is 12.4 Å². The summed E-state index contributed by atoms with van der Waals surface area (Å²) in [5.41, 5.74) is 2.77. The molecule has 21 heavy (non-hydrogen) atoms. The van der Waals surface area contributed by atoms with Gasteiger partial charge in [-0.3, -0.25) is 0 Å². The summed E-state index contributed by atoms with van der Waals surface area (Å²) in [6, 6.07) is 7.85. The average Bonchev–Trinajstić information content (AvgIpc) is 2.45. The highest BCUT2D eigenvalue weighted by molar-refractivity contribution is 6.30. The Balaban J connectivity index is 2.17. The van der Waals surface area contributed by atoms with E-state index in [-0.39, 0.29) is 18.3 Å². The maximum atomic E-state index is 12.6. The van der Waals surface area contributed by atoms with Crippen LogP contribution in [0.1, 0.15) is 11.4 Å². The number of nitrogens with two attached hydrogens (primary N) is 1. The zero-order chi connectivity index (χ0) is 15.5. The monoisotopic (exact) mass is 318 g/mol. The van der Waals surface area contributed by atoms with Crippen LogP contribution in [0.5, 0.6) is 5.88 Å². The van der Waals surface area contributed by atoms with Gasteiger partial charge in [0.25, 0.3) is 0 Å². The first kappa shape index (κ1) is 15.3. The van der Waals surface area contributed by atoms with Crippen molar-refractivity contribution in [1.29, 1.82) is 0 Å². The van der Waals surface area contributed by atoms with Gasteiger partial charge in [0.15, 0.2) is 0 Å². The van der Waals surface area contributed by atoms with Crippen molar-refractivity contribution in [2.75, 3.05) is 5.43 Å². The van der Waals surface area contributed by atoms with E-state index >= 15 is 0 Å². The Hall–Kier alpha value is -2.06. The molecular weight excluding hydrogens is 309 g/mol. The lowest BCUT2D eigenvalue weighted by Crippen LogP contribution is -2.16. The lowest BCUT2D eigenvalue weighted by Gasteiger charge is -2.11. The van der Waals surface area contributed by atoms with Crippen molar-refractivity contribution in [2.45, 2.75) is 12.8 Å². The standard InChI is InChI=1S/C12H10ClF3N4O/c13-8-3-1-7(2-4-8)6-21-10-5-9(20-17)18-11(19-10)12(14,15)16/h1-5H,6,17H2,(H,18,19,20). The van der Waals surface area contributed by atoms with Crippen LogP contribution in [0.25, 0.3) is 0 Å². The Morgan fingerprint density at radius 2 is 1.86 bits per heavy atom. The molecule has 1 aromatic carbocycles. The molecule has 0 aliphatic rings. The second kappa shape index (κ2) is 6.15. The summed E-state index contributed by atoms with van der Waals surface area (Å²) in [7, 11) is 0. The fourth-order valence-corrected chi connectivity index (χ4v) is 1.56. The fraction of sp³-hybridized carbons (Fsp3) is 0.167. The minimum absolute atomic E-state index is 0.0372. The lowest BCUT2D eigenvalue weighted by molar-refractivity contribution is -0.145. The Morgan fingerprint density at radius 3 is 2.43 bits per heavy atom. The number of rotatable bonds is 4. The van der Waals surface area contributed by atoms with Gasteiger partial charge in [0, 0.05) is 11.1 Å². The second-order valence-electron chi connectivity index (χ2n) is 3.97. The van der Waals surface area contributed by atoms with Crippen molar-refractivity contribution in [2.24, 2.45) is 5.84 Å². The Bertz CT molecular complexity index is 619. The molecule has 0 radical (unpaired) electrons. The zero-order valence-electron chi connectivity index (χ0n) is 10.5. The molecule has 0 saturated heterocycles. The van der Waals surface area contributed by atoms with Crippen LogP contribution in [0.3, 0.4) is 0 Å². The van der Waals surface area contributed by atoms with Crippen LogP contribution in [0, 0.1) is 0 Å². The van der Waals surface area contributed by atoms with Crippen molar-refractivity contribution >= 4 is 17.4 Å². The minimum atomic E-state index is -4.69. The predicted molar refractivity (Wildman–Crippen MR) is 70.6 cm³/mol. The summed E-state index contributed by atoms with van der Waals surface area (Å²) in [5.74, 6) is 3.32. The number of hydrazine groups is 1. The van der Waals surface area contributed by atoms with E-state index < -0.39 is 12.0 Å². The first-order valence-corrected chi connectivity index (χ1v) is 6.06. The summed E-state index contributed by atoms with van der Waals surface area (Å²) in [4.78, 5) is 6.53. The number of hydrogen-bond donors (Lipinski definition) is 2. The summed E-state index contributed by atoms with van der Waals surface area (Å²) < 4.78 is 43.1. The predicted octanol–water partition coefficient (Wildman–Crippen LogP) is 3.01. The van der Waals surface area contributed by atoms with Crippen LogP contribution in [-0.4, -0.2) is 9.97 Å². The van der Waals surface area contributed by atoms with Gasteiger partial charge in [0.2, 0.25) is 11.7 Å². The number of alkyl halides is 3. The number of hydrogen-bond acceptors (Lipinski definition) is 5. The second-order valence-corrected chi connectivity index (χ2v) is 4.41. The summed E-state index contributed by atoms with van der Waals surface area (Å²) in [6.07, 6.45) is -4.69. The van der Waals surface area contributed by atoms with E-state index in [0.717, 1.165) is 5.56 Å². The van der Waals surface area contributed by atoms with E-state index in [1.54, 1.807) is 24.3 Å². The molecule has 112 valence electrons. The fourth-order valence-electron chi connectivity index (χ4n) is 1.44. The highest BCUT2D eigenvalue weighted by Crippen LogP contribution is 2.28. The highest BCUT2D eigenvalue weighted by Gasteiger charge is 2.35. The van der Waals surface area contributed by atoms with Crippen molar-refractivity contribution < 1.29 is 17.9 Å². The van der Waals surface area contributed by atoms with E-state index in [0.29, 0.717) is 5.02 Å². The van der Waals surface area contributed by atoms with E-state index in [1.807, 2.05) is 5.43 Å². The van der Waals surface area contributed by atoms with Gasteiger partial charge >= 0.3 is 6.18 Å². The molecule has 2 aromatic rings. The van der Waals surface area contributed by atoms with Crippen LogP contribution in [0.2, 0.25) is 5.02 Å². The zero-order valence-corrected chi connectivity index (χ0v) is 11.2. The number of benzene rings is 1. The lowest BCUT2D eigenvalue weighted by atomic mass is 10.2. The number of aromatic nitrogens is 2. The SMILES string of the molecule is NNc1cc(OCc2ccc(Cl)cc2)nc(C(F)(F)F)n1. The van der Waals surface area contributed by atoms with Crippen LogP contribution >= 0.6 is 11.6 Å². The van der Waals surface area contributed by atoms with Gasteiger partial charge in [-0.05, 0) is 17.7 Å². The van der Waals surface area contributed by atoms with Gasteiger partial charge in [-0.25, -0.2) is 10.8 Å². The van der Waals surface area contributed by atoms with E-state index in [4.69, 9.17) is 22.2 Å². The van der Waals surface area contributed by atoms with E-state index in [2.05, 4.69) is 9.97 Å². The molecule has 3 N–H and O–H groups in total. The van der Waals surface area contributed by atoms with E-state index in [1.165, 1.54) is 6.07 Å². The van der Waals surface area contributed by atoms with Gasteiger partial charge in [-0.15, -0.1) is 0 Å². The molecule has 0 unspecified atom stereocenters. The van der Waals surface area contributed by atoms with Gasteiger partial charge < -0.3 is 10.2 Å². The van der Waals surface area contributed by atoms with Crippen LogP contribution in [-0.2, 0) is 12.8 Å². The smallest absolute Gasteiger partial charge is 0.451 e. The molecule has 0 amide bonds. The average molecular weight is 319 g/mol. The molecule has 0 saturated carbocycles. The van der Waals surface area contributed by atoms with E-state index in [9.17, 15) is 13.2 Å². The molecule has 9 heteroatoms. The number of anilines is 1. The number of nitrogen functional groups attached to an aromatic ring is 1. The summed E-state index contributed by atoms with van der Waals surface area (Å²) in [6.45, 7) is 0.0372. The normalized spacial score (nSPS) is 11.3. The first-order chi connectivity index (χ1) is 9.88. The molecule has 0 aliphatic heterocycles. The molecular formula is C12H10ClF3N4O. The van der Waals surface area contributed by atoms with Crippen molar-refractivity contribution in [3.8, 4) is 5.88 Å². The quantitative estimate of drug-likeness (QED) is 0.669. The Kier molecular flexibility index (Phi) is 4.49. The minimum Gasteiger partial charge on any atom is -0.473 e. The number of nitrogens with one attached hydrogen (secondary N) is 1. The third-order valence-electron chi connectivity index (χ3n) is 2.40. The maximum absolute atomic E-state index is 12.6. The molecule has 5 nitrogen and oxygen atoms in total. The topological polar surface area (TPSA) is 73.1 Å². The Labute approximate surface area is 122 Å². The number of nitrogens with zero attached hydrogens (tertiary/aromatic N) is 2. The maximum Gasteiger partial charge on any atom is 0.451 e. The third kappa shape index (κ3) is 4.20. The molecule has 0 spiro atoms. The van der Waals surface area contributed by atoms with Gasteiger partial charge in [-0.1, -0.05) is 23.7 Å². The molecule has 0 bridgehead atoms. The van der Waals surface area contributed by atoms with Gasteiger partial charge in [-0.2, -0.15) is 18.2 Å². The first-order valence-electron chi connectivity index (χ1n) is 5.68. The van der Waals surface area contributed by atoms with Crippen LogP contribution in [0.15, 0.2) is 30.3 Å². The van der Waals surface area contributed by atoms with Crippen LogP contribution < -0.4 is 16.0 Å². The summed E-state index contributed by atoms with van der Waals surface area (Å²) >= 11 is 5.73. The number of halogens is 4. The molecule has 1 heterocycles. The Morgan fingerprint density at radius 1 is 1.19 bits per heavy atom. The van der Waals surface area contributed by atoms with Gasteiger partial charge in [0.05, 0.1) is 0 Å². The molecule has 1 aromatic heterocycles. The number of ether oxygens (including phenoxy) is 1. The summed E-state index contributed by atoms with van der Waals surface area (Å²) in [5, 5.41) is 0.551. The molecule has 0 aliphatic carbocycles. The van der Waals surface area contributed by atoms with Crippen molar-refractivity contribution in [1.82, 2.24) is 9.97 Å². The molecule has 0 atom stereocenters. The molecule has 0 fully saturated rings. The largest absolute Gasteiger partial charge is 0.473 e. The third-order valence-corrected chi connectivity index (χ3v) is 2.66. The van der Waals surface area contributed by atoms with Crippen molar-refractivity contribution in [3.63, 3.8) is 0 Å². The van der Waals surface area contributed by atoms with Crippen molar-refractivity contribution in [3.05, 3.63) is 46.7 Å². The molecule has 2 rings (SSSR count).